The molecule has 0 bridgehead atoms. The number of hydrogen-bond acceptors (Lipinski definition) is 8. The fourth-order valence-electron chi connectivity index (χ4n) is 2.60. The van der Waals surface area contributed by atoms with Gasteiger partial charge in [-0.25, -0.2) is 0 Å². The molecule has 0 atom stereocenters. The molecule has 2 N–H and O–H groups in total. The maximum Gasteiger partial charge on any atom is 0.262 e. The van der Waals surface area contributed by atoms with Crippen molar-refractivity contribution in [2.45, 2.75) is 23.6 Å². The molecule has 0 fully saturated rings. The highest BCUT2D eigenvalue weighted by Gasteiger charge is 2.16. The van der Waals surface area contributed by atoms with Gasteiger partial charge in [0.05, 0.1) is 16.7 Å². The summed E-state index contributed by atoms with van der Waals surface area (Å²) < 4.78 is 4.33. The highest BCUT2D eigenvalue weighted by molar-refractivity contribution is 8.00. The molecule has 122 valence electrons. The summed E-state index contributed by atoms with van der Waals surface area (Å²) in [7, 11) is 0. The molecule has 4 rings (SSSR count). The van der Waals surface area contributed by atoms with Crippen molar-refractivity contribution in [3.63, 3.8) is 0 Å². The van der Waals surface area contributed by atoms with Crippen molar-refractivity contribution < 1.29 is 0 Å². The average molecular weight is 359 g/mol. The van der Waals surface area contributed by atoms with Gasteiger partial charge in [0.15, 0.2) is 4.34 Å². The summed E-state index contributed by atoms with van der Waals surface area (Å²) in [6.07, 6.45) is 0. The van der Waals surface area contributed by atoms with Crippen LogP contribution in [0.5, 0.6) is 0 Å². The van der Waals surface area contributed by atoms with Gasteiger partial charge in [0.2, 0.25) is 10.9 Å². The van der Waals surface area contributed by atoms with Crippen molar-refractivity contribution in [1.82, 2.24) is 29.4 Å². The average Bonchev–Trinajstić information content (AvgIpc) is 3.20. The van der Waals surface area contributed by atoms with Gasteiger partial charge in [-0.05, 0) is 19.1 Å². The first kappa shape index (κ1) is 15.1. The molecule has 0 aliphatic heterocycles. The maximum atomic E-state index is 12.6. The quantitative estimate of drug-likeness (QED) is 0.554. The second kappa shape index (κ2) is 5.87. The zero-order valence-corrected chi connectivity index (χ0v) is 14.3. The first-order chi connectivity index (χ1) is 11.7. The van der Waals surface area contributed by atoms with Crippen LogP contribution in [0.3, 0.4) is 0 Å². The lowest BCUT2D eigenvalue weighted by atomic mass is 10.2. The smallest absolute Gasteiger partial charge is 0.262 e. The lowest BCUT2D eigenvalue weighted by molar-refractivity contribution is 0.735. The van der Waals surface area contributed by atoms with E-state index in [1.165, 1.54) is 23.1 Å². The Hall–Kier alpha value is -2.46. The van der Waals surface area contributed by atoms with Crippen LogP contribution in [0.15, 0.2) is 33.4 Å². The number of aryl methyl sites for hydroxylation is 1. The first-order valence-electron chi connectivity index (χ1n) is 7.26. The molecule has 1 aromatic carbocycles. The number of aromatic nitrogens is 6. The number of nitrogen functional groups attached to an aromatic ring is 1. The summed E-state index contributed by atoms with van der Waals surface area (Å²) in [5.74, 6) is 1.86. The van der Waals surface area contributed by atoms with E-state index in [1.807, 2.05) is 35.6 Å². The number of benzene rings is 1. The number of para-hydroxylation sites is 1. The molecule has 0 saturated carbocycles. The predicted octanol–water partition coefficient (Wildman–Crippen LogP) is 1.79. The Morgan fingerprint density at radius 1 is 1.21 bits per heavy atom. The number of hydrogen-bond donors (Lipinski definition) is 1. The monoisotopic (exact) mass is 359 g/mol. The number of rotatable bonds is 4. The molecule has 10 heteroatoms. The van der Waals surface area contributed by atoms with Gasteiger partial charge in [0.25, 0.3) is 5.56 Å². The van der Waals surface area contributed by atoms with E-state index in [4.69, 9.17) is 5.73 Å². The van der Waals surface area contributed by atoms with E-state index < -0.39 is 0 Å². The van der Waals surface area contributed by atoms with Crippen molar-refractivity contribution >= 4 is 44.9 Å². The van der Waals surface area contributed by atoms with Crippen LogP contribution in [0.2, 0.25) is 0 Å². The Morgan fingerprint density at radius 2 is 2.04 bits per heavy atom. The number of nitrogens with two attached hydrogens (primary N) is 1. The normalized spacial score (nSPS) is 11.5. The van der Waals surface area contributed by atoms with Crippen LogP contribution in [0.25, 0.3) is 16.7 Å². The Bertz CT molecular complexity index is 1100. The Labute approximate surface area is 144 Å². The van der Waals surface area contributed by atoms with E-state index in [2.05, 4.69) is 20.4 Å². The first-order valence-corrected chi connectivity index (χ1v) is 9.06. The largest absolute Gasteiger partial charge is 0.374 e. The van der Waals surface area contributed by atoms with Gasteiger partial charge in [-0.1, -0.05) is 35.2 Å². The van der Waals surface area contributed by atoms with Crippen molar-refractivity contribution in [3.8, 4) is 0 Å². The standard InChI is InChI=1S/C14H13N7OS2/c1-2-20-11(22)8-5-3-4-6-9(8)21-10(16-18-13(20)21)7-23-14-19-17-12(15)24-14/h3-6H,2,7H2,1H3,(H2,15,17). The summed E-state index contributed by atoms with van der Waals surface area (Å²) in [5.41, 5.74) is 6.36. The van der Waals surface area contributed by atoms with Crippen LogP contribution in [-0.2, 0) is 12.3 Å². The molecular weight excluding hydrogens is 346 g/mol. The zero-order valence-electron chi connectivity index (χ0n) is 12.7. The molecule has 0 aliphatic carbocycles. The van der Waals surface area contributed by atoms with Gasteiger partial charge in [0, 0.05) is 6.54 Å². The molecule has 0 spiro atoms. The van der Waals surface area contributed by atoms with Crippen molar-refractivity contribution in [2.75, 3.05) is 5.73 Å². The van der Waals surface area contributed by atoms with Gasteiger partial charge < -0.3 is 5.73 Å². The second-order valence-electron chi connectivity index (χ2n) is 5.01. The third-order valence-corrected chi connectivity index (χ3v) is 5.52. The molecule has 3 heterocycles. The molecule has 24 heavy (non-hydrogen) atoms. The fourth-order valence-corrected chi connectivity index (χ4v) is 4.15. The summed E-state index contributed by atoms with van der Waals surface area (Å²) >= 11 is 2.83. The molecule has 4 aromatic rings. The van der Waals surface area contributed by atoms with E-state index in [1.54, 1.807) is 4.57 Å². The number of thioether (sulfide) groups is 1. The number of nitrogens with zero attached hydrogens (tertiary/aromatic N) is 6. The van der Waals surface area contributed by atoms with Gasteiger partial charge in [0.1, 0.15) is 5.82 Å². The predicted molar refractivity (Wildman–Crippen MR) is 94.3 cm³/mol. The van der Waals surface area contributed by atoms with Crippen molar-refractivity contribution in [1.29, 1.82) is 0 Å². The second-order valence-corrected chi connectivity index (χ2v) is 7.24. The lowest BCUT2D eigenvalue weighted by Crippen LogP contribution is -2.22. The van der Waals surface area contributed by atoms with Crippen LogP contribution >= 0.6 is 23.1 Å². The minimum Gasteiger partial charge on any atom is -0.374 e. The lowest BCUT2D eigenvalue weighted by Gasteiger charge is -2.09. The minimum atomic E-state index is -0.0518. The van der Waals surface area contributed by atoms with E-state index in [0.717, 1.165) is 15.7 Å². The van der Waals surface area contributed by atoms with Crippen molar-refractivity contribution in [3.05, 3.63) is 40.4 Å². The Kier molecular flexibility index (Phi) is 3.69. The van der Waals surface area contributed by atoms with Crippen molar-refractivity contribution in [2.24, 2.45) is 0 Å². The van der Waals surface area contributed by atoms with Crippen LogP contribution < -0.4 is 11.3 Å². The zero-order chi connectivity index (χ0) is 16.7. The highest BCUT2D eigenvalue weighted by atomic mass is 32.2. The highest BCUT2D eigenvalue weighted by Crippen LogP contribution is 2.27. The van der Waals surface area contributed by atoms with E-state index in [0.29, 0.717) is 28.6 Å². The van der Waals surface area contributed by atoms with E-state index in [9.17, 15) is 4.79 Å². The maximum absolute atomic E-state index is 12.6. The van der Waals surface area contributed by atoms with Gasteiger partial charge >= 0.3 is 0 Å². The van der Waals surface area contributed by atoms with Gasteiger partial charge in [-0.2, -0.15) is 0 Å². The minimum absolute atomic E-state index is 0.0518. The van der Waals surface area contributed by atoms with Crippen LogP contribution in [0.1, 0.15) is 12.7 Å². The summed E-state index contributed by atoms with van der Waals surface area (Å²) in [6, 6.07) is 7.49. The Morgan fingerprint density at radius 3 is 2.79 bits per heavy atom. The van der Waals surface area contributed by atoms with E-state index >= 15 is 0 Å². The summed E-state index contributed by atoms with van der Waals surface area (Å²) in [5, 5.41) is 17.4. The molecule has 0 radical (unpaired) electrons. The topological polar surface area (TPSA) is 104 Å². The Balaban J connectivity index is 1.88. The number of anilines is 1. The summed E-state index contributed by atoms with van der Waals surface area (Å²) in [4.78, 5) is 12.6. The molecule has 8 nitrogen and oxygen atoms in total. The SMILES string of the molecule is CCn1c(=O)c2ccccc2n2c(CSc3nnc(N)s3)nnc12. The van der Waals surface area contributed by atoms with Crippen LogP contribution in [0, 0.1) is 0 Å². The molecular formula is C14H13N7OS2. The van der Waals surface area contributed by atoms with Crippen LogP contribution in [-0.4, -0.2) is 29.4 Å². The molecule has 0 aliphatic rings. The van der Waals surface area contributed by atoms with Gasteiger partial charge in [-0.3, -0.25) is 13.8 Å². The number of fused-ring (bicyclic) bond motifs is 3. The molecule has 0 saturated heterocycles. The van der Waals surface area contributed by atoms with Gasteiger partial charge in [-0.15, -0.1) is 20.4 Å². The van der Waals surface area contributed by atoms with E-state index in [-0.39, 0.29) is 5.56 Å². The van der Waals surface area contributed by atoms with Crippen LogP contribution in [0.4, 0.5) is 5.13 Å². The molecule has 0 amide bonds. The molecule has 3 aromatic heterocycles. The summed E-state index contributed by atoms with van der Waals surface area (Å²) in [6.45, 7) is 2.45. The third-order valence-electron chi connectivity index (χ3n) is 3.64. The molecule has 0 unspecified atom stereocenters. The fraction of sp³-hybridized carbons (Fsp3) is 0.214. The third kappa shape index (κ3) is 2.34.